The molecule has 2 amide bonds. The van der Waals surface area contributed by atoms with E-state index in [1.807, 2.05) is 6.92 Å². The van der Waals surface area contributed by atoms with Crippen molar-refractivity contribution in [3.05, 3.63) is 0 Å². The quantitative estimate of drug-likeness (QED) is 0.739. The van der Waals surface area contributed by atoms with E-state index in [2.05, 4.69) is 22.5 Å². The van der Waals surface area contributed by atoms with Gasteiger partial charge in [0.25, 0.3) is 0 Å². The number of nitrogens with zero attached hydrogens (tertiary/aromatic N) is 1. The van der Waals surface area contributed by atoms with Crippen molar-refractivity contribution in [2.45, 2.75) is 70.5 Å². The van der Waals surface area contributed by atoms with Gasteiger partial charge < -0.3 is 5.32 Å². The molecule has 1 saturated carbocycles. The summed E-state index contributed by atoms with van der Waals surface area (Å²) in [5.41, 5.74) is 0. The highest BCUT2D eigenvalue weighted by Gasteiger charge is 2.37. The normalized spacial score (nSPS) is 32.2. The highest BCUT2D eigenvalue weighted by atomic mass is 16.2. The number of nitrogens with one attached hydrogen (secondary N) is 2. The maximum atomic E-state index is 11.9. The molecule has 5 heteroatoms. The van der Waals surface area contributed by atoms with Crippen molar-refractivity contribution >= 4 is 11.8 Å². The van der Waals surface area contributed by atoms with E-state index >= 15 is 0 Å². The Morgan fingerprint density at radius 2 is 1.90 bits per heavy atom. The summed E-state index contributed by atoms with van der Waals surface area (Å²) in [6.07, 6.45) is 6.39. The molecule has 1 heterocycles. The number of carbonyl (C=O) groups is 2. The van der Waals surface area contributed by atoms with Crippen molar-refractivity contribution in [2.75, 3.05) is 13.1 Å². The van der Waals surface area contributed by atoms with Crippen molar-refractivity contribution in [1.29, 1.82) is 0 Å². The fraction of sp³-hybridized carbons (Fsp3) is 0.867. The summed E-state index contributed by atoms with van der Waals surface area (Å²) >= 11 is 0. The van der Waals surface area contributed by atoms with Crippen LogP contribution in [0.2, 0.25) is 0 Å². The van der Waals surface area contributed by atoms with Crippen LogP contribution in [-0.2, 0) is 9.59 Å². The zero-order chi connectivity index (χ0) is 14.5. The predicted molar refractivity (Wildman–Crippen MR) is 78.3 cm³/mol. The van der Waals surface area contributed by atoms with Crippen molar-refractivity contribution < 1.29 is 9.59 Å². The summed E-state index contributed by atoms with van der Waals surface area (Å²) in [7, 11) is 0. The van der Waals surface area contributed by atoms with Crippen LogP contribution >= 0.6 is 0 Å². The third kappa shape index (κ3) is 3.58. The summed E-state index contributed by atoms with van der Waals surface area (Å²) in [5, 5.41) is 6.03. The number of hydrogen-bond acceptors (Lipinski definition) is 4. The average molecular weight is 281 g/mol. The maximum absolute atomic E-state index is 11.9. The Balaban J connectivity index is 1.90. The van der Waals surface area contributed by atoms with Gasteiger partial charge in [-0.05, 0) is 45.1 Å². The van der Waals surface area contributed by atoms with Crippen LogP contribution in [0.1, 0.15) is 52.4 Å². The summed E-state index contributed by atoms with van der Waals surface area (Å²) in [6, 6.07) is 0.869. The molecule has 1 unspecified atom stereocenters. The van der Waals surface area contributed by atoms with Crippen LogP contribution in [-0.4, -0.2) is 47.9 Å². The Labute approximate surface area is 121 Å². The molecule has 0 spiro atoms. The Bertz CT molecular complexity index is 351. The Morgan fingerprint density at radius 1 is 1.20 bits per heavy atom. The zero-order valence-corrected chi connectivity index (χ0v) is 12.7. The number of carbonyl (C=O) groups excluding carboxylic acids is 2. The highest BCUT2D eigenvalue weighted by molar-refractivity contribution is 6.01. The average Bonchev–Trinajstić information content (AvgIpc) is 2.45. The van der Waals surface area contributed by atoms with Crippen LogP contribution < -0.4 is 10.6 Å². The molecule has 2 N–H and O–H groups in total. The molecule has 2 rings (SSSR count). The van der Waals surface area contributed by atoms with Crippen LogP contribution in [0.15, 0.2) is 0 Å². The van der Waals surface area contributed by atoms with Gasteiger partial charge in [-0.25, -0.2) is 0 Å². The second-order valence-electron chi connectivity index (χ2n) is 5.97. The fourth-order valence-corrected chi connectivity index (χ4v) is 3.45. The van der Waals surface area contributed by atoms with Gasteiger partial charge in [0.2, 0.25) is 11.8 Å². The molecule has 0 aromatic rings. The Kier molecular flexibility index (Phi) is 5.54. The molecule has 1 atom stereocenters. The summed E-state index contributed by atoms with van der Waals surface area (Å²) in [4.78, 5) is 25.7. The summed E-state index contributed by atoms with van der Waals surface area (Å²) in [6.45, 7) is 5.66. The molecule has 1 saturated heterocycles. The van der Waals surface area contributed by atoms with Crippen LogP contribution in [0.3, 0.4) is 0 Å². The van der Waals surface area contributed by atoms with Gasteiger partial charge in [-0.1, -0.05) is 13.8 Å². The first-order valence-electron chi connectivity index (χ1n) is 7.98. The third-order valence-corrected chi connectivity index (χ3v) is 4.53. The maximum Gasteiger partial charge on any atom is 0.243 e. The first kappa shape index (κ1) is 15.4. The van der Waals surface area contributed by atoms with Crippen molar-refractivity contribution in [2.24, 2.45) is 0 Å². The lowest BCUT2D eigenvalue weighted by Gasteiger charge is -2.42. The minimum Gasteiger partial charge on any atom is -0.314 e. The van der Waals surface area contributed by atoms with E-state index in [9.17, 15) is 9.59 Å². The smallest absolute Gasteiger partial charge is 0.243 e. The van der Waals surface area contributed by atoms with Gasteiger partial charge >= 0.3 is 0 Å². The standard InChI is InChI=1S/C15H27N3O2/c1-3-9-16-11-5-7-12(8-6-11)18-10-14(19)17-15(20)13(18)4-2/h11-13,16H,3-10H2,1-2H3,(H,17,19,20). The number of rotatable bonds is 5. The van der Waals surface area contributed by atoms with Crippen LogP contribution in [0.5, 0.6) is 0 Å². The third-order valence-electron chi connectivity index (χ3n) is 4.53. The van der Waals surface area contributed by atoms with Crippen LogP contribution in [0.4, 0.5) is 0 Å². The van der Waals surface area contributed by atoms with E-state index in [1.165, 1.54) is 6.42 Å². The van der Waals surface area contributed by atoms with Gasteiger partial charge in [0.1, 0.15) is 0 Å². The van der Waals surface area contributed by atoms with E-state index in [-0.39, 0.29) is 17.9 Å². The molecule has 2 aliphatic rings. The number of imide groups is 1. The van der Waals surface area contributed by atoms with Gasteiger partial charge in [0.15, 0.2) is 0 Å². The number of hydrogen-bond donors (Lipinski definition) is 2. The monoisotopic (exact) mass is 281 g/mol. The molecule has 20 heavy (non-hydrogen) atoms. The van der Waals surface area contributed by atoms with E-state index < -0.39 is 0 Å². The topological polar surface area (TPSA) is 61.4 Å². The SMILES string of the molecule is CCCNC1CCC(N2CC(=O)NC(=O)C2CC)CC1. The van der Waals surface area contributed by atoms with E-state index in [0.717, 1.165) is 38.6 Å². The minimum absolute atomic E-state index is 0.116. The fourth-order valence-electron chi connectivity index (χ4n) is 3.45. The molecular formula is C15H27N3O2. The summed E-state index contributed by atoms with van der Waals surface area (Å²) in [5.74, 6) is -0.263. The molecular weight excluding hydrogens is 254 g/mol. The number of piperazine rings is 1. The van der Waals surface area contributed by atoms with Gasteiger partial charge in [0, 0.05) is 12.1 Å². The molecule has 2 fully saturated rings. The van der Waals surface area contributed by atoms with E-state index in [1.54, 1.807) is 0 Å². The van der Waals surface area contributed by atoms with Crippen molar-refractivity contribution in [3.63, 3.8) is 0 Å². The molecule has 5 nitrogen and oxygen atoms in total. The molecule has 1 aliphatic heterocycles. The molecule has 0 aromatic carbocycles. The molecule has 0 aromatic heterocycles. The highest BCUT2D eigenvalue weighted by Crippen LogP contribution is 2.26. The molecule has 0 bridgehead atoms. The second kappa shape index (κ2) is 7.18. The predicted octanol–water partition coefficient (Wildman–Crippen LogP) is 1.03. The summed E-state index contributed by atoms with van der Waals surface area (Å²) < 4.78 is 0. The van der Waals surface area contributed by atoms with Gasteiger partial charge in [0.05, 0.1) is 12.6 Å². The number of amides is 2. The van der Waals surface area contributed by atoms with Crippen molar-refractivity contribution in [1.82, 2.24) is 15.5 Å². The van der Waals surface area contributed by atoms with Gasteiger partial charge in [-0.3, -0.25) is 19.8 Å². The first-order chi connectivity index (χ1) is 9.65. The van der Waals surface area contributed by atoms with E-state index in [0.29, 0.717) is 18.6 Å². The zero-order valence-electron chi connectivity index (χ0n) is 12.7. The Morgan fingerprint density at radius 3 is 2.50 bits per heavy atom. The molecule has 0 radical (unpaired) electrons. The largest absolute Gasteiger partial charge is 0.314 e. The van der Waals surface area contributed by atoms with Gasteiger partial charge in [-0.2, -0.15) is 0 Å². The van der Waals surface area contributed by atoms with Crippen LogP contribution in [0.25, 0.3) is 0 Å². The van der Waals surface area contributed by atoms with E-state index in [4.69, 9.17) is 0 Å². The van der Waals surface area contributed by atoms with Gasteiger partial charge in [-0.15, -0.1) is 0 Å². The van der Waals surface area contributed by atoms with Crippen LogP contribution in [0, 0.1) is 0 Å². The molecule has 1 aliphatic carbocycles. The Hall–Kier alpha value is -0.940. The van der Waals surface area contributed by atoms with Crippen molar-refractivity contribution in [3.8, 4) is 0 Å². The lowest BCUT2D eigenvalue weighted by Crippen LogP contribution is -2.61. The lowest BCUT2D eigenvalue weighted by molar-refractivity contribution is -0.142. The lowest BCUT2D eigenvalue weighted by atomic mass is 9.88. The second-order valence-corrected chi connectivity index (χ2v) is 5.97. The first-order valence-corrected chi connectivity index (χ1v) is 7.98. The minimum atomic E-state index is -0.147. The molecule has 114 valence electrons.